The fourth-order valence-corrected chi connectivity index (χ4v) is 7.33. The number of hydrogen-bond acceptors (Lipinski definition) is 5. The number of hydrogen-bond donors (Lipinski definition) is 1. The maximum absolute atomic E-state index is 12.9. The van der Waals surface area contributed by atoms with E-state index in [1.807, 2.05) is 0 Å². The lowest BCUT2D eigenvalue weighted by Crippen LogP contribution is -2.42. The maximum atomic E-state index is 12.9. The van der Waals surface area contributed by atoms with Crippen LogP contribution < -0.4 is 5.32 Å². The van der Waals surface area contributed by atoms with E-state index in [1.165, 1.54) is 16.4 Å². The van der Waals surface area contributed by atoms with E-state index in [2.05, 4.69) is 19.2 Å². The Labute approximate surface area is 161 Å². The Balaban J connectivity index is 1.69. The van der Waals surface area contributed by atoms with Crippen LogP contribution in [0.3, 0.4) is 0 Å². The topological polar surface area (TPSA) is 101 Å². The molecule has 2 aliphatic rings. The Morgan fingerprint density at radius 2 is 1.70 bits per heavy atom. The third kappa shape index (κ3) is 4.70. The van der Waals surface area contributed by atoms with E-state index in [0.717, 1.165) is 6.42 Å². The van der Waals surface area contributed by atoms with Gasteiger partial charge in [-0.1, -0.05) is 13.8 Å². The zero-order chi connectivity index (χ0) is 19.8. The summed E-state index contributed by atoms with van der Waals surface area (Å²) >= 11 is 0. The molecule has 0 aromatic heterocycles. The SMILES string of the molecule is C[C@@H]1C[C@H](C)CN(S(=O)(=O)c2ccc(NC(=O)[C@@H]3CCS(=O)(=O)C3)cc2)C1. The summed E-state index contributed by atoms with van der Waals surface area (Å²) in [6.07, 6.45) is 1.35. The van der Waals surface area contributed by atoms with Crippen LogP contribution in [0.2, 0.25) is 0 Å². The summed E-state index contributed by atoms with van der Waals surface area (Å²) in [5, 5.41) is 2.68. The van der Waals surface area contributed by atoms with E-state index >= 15 is 0 Å². The molecule has 3 atom stereocenters. The van der Waals surface area contributed by atoms with Gasteiger partial charge < -0.3 is 5.32 Å². The smallest absolute Gasteiger partial charge is 0.243 e. The first-order valence-corrected chi connectivity index (χ1v) is 12.4. The van der Waals surface area contributed by atoms with Crippen molar-refractivity contribution in [1.29, 1.82) is 0 Å². The van der Waals surface area contributed by atoms with E-state index in [4.69, 9.17) is 0 Å². The fraction of sp³-hybridized carbons (Fsp3) is 0.611. The Kier molecular flexibility index (Phi) is 5.65. The van der Waals surface area contributed by atoms with Gasteiger partial charge in [-0.15, -0.1) is 0 Å². The van der Waals surface area contributed by atoms with Crippen LogP contribution in [0.5, 0.6) is 0 Å². The molecular formula is C18H26N2O5S2. The largest absolute Gasteiger partial charge is 0.326 e. The highest BCUT2D eigenvalue weighted by molar-refractivity contribution is 7.91. The zero-order valence-electron chi connectivity index (χ0n) is 15.6. The lowest BCUT2D eigenvalue weighted by Gasteiger charge is -2.34. The van der Waals surface area contributed by atoms with Gasteiger partial charge in [-0.05, 0) is 48.9 Å². The quantitative estimate of drug-likeness (QED) is 0.809. The normalized spacial score (nSPS) is 28.7. The highest BCUT2D eigenvalue weighted by atomic mass is 32.2. The van der Waals surface area contributed by atoms with Gasteiger partial charge >= 0.3 is 0 Å². The lowest BCUT2D eigenvalue weighted by atomic mass is 9.94. The van der Waals surface area contributed by atoms with Gasteiger partial charge in [0, 0.05) is 18.8 Å². The standard InChI is InChI=1S/C18H26N2O5S2/c1-13-9-14(2)11-20(10-13)27(24,25)17-5-3-16(4-6-17)19-18(21)15-7-8-26(22,23)12-15/h3-6,13-15H,7-12H2,1-2H3,(H,19,21)/t13-,14+,15-/m1/s1. The molecule has 0 unspecified atom stereocenters. The molecule has 1 N–H and O–H groups in total. The minimum atomic E-state index is -3.56. The van der Waals surface area contributed by atoms with Crippen LogP contribution in [0.4, 0.5) is 5.69 Å². The molecule has 150 valence electrons. The molecule has 7 nitrogen and oxygen atoms in total. The minimum absolute atomic E-state index is 0.0367. The molecular weight excluding hydrogens is 388 g/mol. The van der Waals surface area contributed by atoms with Gasteiger partial charge in [-0.25, -0.2) is 16.8 Å². The van der Waals surface area contributed by atoms with Crippen molar-refractivity contribution in [3.8, 4) is 0 Å². The molecule has 0 saturated carbocycles. The number of rotatable bonds is 4. The molecule has 0 bridgehead atoms. The summed E-state index contributed by atoms with van der Waals surface area (Å²) in [6.45, 7) is 5.14. The highest BCUT2D eigenvalue weighted by Crippen LogP contribution is 2.27. The van der Waals surface area contributed by atoms with Crippen LogP contribution in [-0.2, 0) is 24.7 Å². The first-order chi connectivity index (χ1) is 12.6. The van der Waals surface area contributed by atoms with Gasteiger partial charge in [-0.2, -0.15) is 4.31 Å². The van der Waals surface area contributed by atoms with Gasteiger partial charge in [0.15, 0.2) is 9.84 Å². The van der Waals surface area contributed by atoms with Gasteiger partial charge in [0.05, 0.1) is 22.3 Å². The van der Waals surface area contributed by atoms with E-state index in [-0.39, 0.29) is 22.3 Å². The van der Waals surface area contributed by atoms with E-state index in [9.17, 15) is 21.6 Å². The second kappa shape index (κ2) is 7.52. The molecule has 0 aliphatic carbocycles. The molecule has 1 amide bonds. The Morgan fingerprint density at radius 3 is 2.22 bits per heavy atom. The Hall–Kier alpha value is -1.45. The third-order valence-electron chi connectivity index (χ3n) is 5.20. The average molecular weight is 415 g/mol. The van der Waals surface area contributed by atoms with Gasteiger partial charge in [0.25, 0.3) is 0 Å². The summed E-state index contributed by atoms with van der Waals surface area (Å²) in [4.78, 5) is 12.4. The van der Waals surface area contributed by atoms with Crippen LogP contribution in [-0.4, -0.2) is 51.6 Å². The van der Waals surface area contributed by atoms with E-state index in [1.54, 1.807) is 12.1 Å². The summed E-state index contributed by atoms with van der Waals surface area (Å²) in [5.74, 6) is -0.333. The van der Waals surface area contributed by atoms with E-state index in [0.29, 0.717) is 37.0 Å². The third-order valence-corrected chi connectivity index (χ3v) is 8.81. The zero-order valence-corrected chi connectivity index (χ0v) is 17.2. The maximum Gasteiger partial charge on any atom is 0.243 e. The number of nitrogens with one attached hydrogen (secondary N) is 1. The van der Waals surface area contributed by atoms with Gasteiger partial charge in [0.1, 0.15) is 0 Å². The number of nitrogens with zero attached hydrogens (tertiary/aromatic N) is 1. The molecule has 2 fully saturated rings. The predicted molar refractivity (Wildman–Crippen MR) is 104 cm³/mol. The molecule has 1 aromatic carbocycles. The molecule has 2 heterocycles. The van der Waals surface area contributed by atoms with Crippen LogP contribution >= 0.6 is 0 Å². The van der Waals surface area contributed by atoms with Crippen LogP contribution in [0.25, 0.3) is 0 Å². The fourth-order valence-electron chi connectivity index (χ4n) is 3.91. The van der Waals surface area contributed by atoms with Gasteiger partial charge in [-0.3, -0.25) is 4.79 Å². The monoisotopic (exact) mass is 414 g/mol. The number of sulfone groups is 1. The van der Waals surface area contributed by atoms with Crippen LogP contribution in [0, 0.1) is 17.8 Å². The van der Waals surface area contributed by atoms with Crippen molar-refractivity contribution in [2.24, 2.45) is 17.8 Å². The summed E-state index contributed by atoms with van der Waals surface area (Å²) in [6, 6.07) is 6.07. The van der Waals surface area contributed by atoms with Crippen molar-refractivity contribution >= 4 is 31.5 Å². The first-order valence-electron chi connectivity index (χ1n) is 9.18. The molecule has 9 heteroatoms. The van der Waals surface area contributed by atoms with Gasteiger partial charge in [0.2, 0.25) is 15.9 Å². The molecule has 2 saturated heterocycles. The average Bonchev–Trinajstić information content (AvgIpc) is 2.94. The van der Waals surface area contributed by atoms with Crippen molar-refractivity contribution in [1.82, 2.24) is 4.31 Å². The number of piperidine rings is 1. The molecule has 0 spiro atoms. The molecule has 27 heavy (non-hydrogen) atoms. The number of carbonyl (C=O) groups is 1. The van der Waals surface area contributed by atoms with Crippen molar-refractivity contribution in [3.63, 3.8) is 0 Å². The van der Waals surface area contributed by atoms with Crippen molar-refractivity contribution in [2.75, 3.05) is 29.9 Å². The highest BCUT2D eigenvalue weighted by Gasteiger charge is 2.33. The molecule has 1 aromatic rings. The Morgan fingerprint density at radius 1 is 1.11 bits per heavy atom. The Bertz CT molecular complexity index is 900. The van der Waals surface area contributed by atoms with Crippen molar-refractivity contribution in [3.05, 3.63) is 24.3 Å². The van der Waals surface area contributed by atoms with Crippen molar-refractivity contribution < 1.29 is 21.6 Å². The summed E-state index contributed by atoms with van der Waals surface area (Å²) in [5.41, 5.74) is 0.462. The van der Waals surface area contributed by atoms with Crippen LogP contribution in [0.15, 0.2) is 29.2 Å². The number of anilines is 1. The second-order valence-corrected chi connectivity index (χ2v) is 12.0. The second-order valence-electron chi connectivity index (χ2n) is 7.88. The summed E-state index contributed by atoms with van der Waals surface area (Å²) < 4.78 is 50.3. The number of amides is 1. The molecule has 0 radical (unpaired) electrons. The van der Waals surface area contributed by atoms with Crippen molar-refractivity contribution in [2.45, 2.75) is 31.6 Å². The lowest BCUT2D eigenvalue weighted by molar-refractivity contribution is -0.119. The number of sulfonamides is 1. The van der Waals surface area contributed by atoms with Crippen LogP contribution in [0.1, 0.15) is 26.7 Å². The summed E-state index contributed by atoms with van der Waals surface area (Å²) in [7, 11) is -6.69. The van der Waals surface area contributed by atoms with E-state index < -0.39 is 25.8 Å². The molecule has 2 aliphatic heterocycles. The molecule has 3 rings (SSSR count). The predicted octanol–water partition coefficient (Wildman–Crippen LogP) is 1.73. The number of carbonyl (C=O) groups excluding carboxylic acids is 1. The minimum Gasteiger partial charge on any atom is -0.326 e. The number of benzene rings is 1. The first kappa shape index (κ1) is 20.3.